The van der Waals surface area contributed by atoms with Crippen molar-refractivity contribution in [2.24, 2.45) is 0 Å². The molecule has 1 amide bonds. The Balaban J connectivity index is 2.19. The van der Waals surface area contributed by atoms with Crippen molar-refractivity contribution in [3.05, 3.63) is 72.3 Å². The summed E-state index contributed by atoms with van der Waals surface area (Å²) in [7, 11) is 0. The third-order valence-corrected chi connectivity index (χ3v) is 2.86. The van der Waals surface area contributed by atoms with Gasteiger partial charge in [-0.15, -0.1) is 0 Å². The number of carboxylic acids is 1. The Morgan fingerprint density at radius 3 is 2.55 bits per heavy atom. The van der Waals surface area contributed by atoms with Gasteiger partial charge in [-0.3, -0.25) is 4.79 Å². The lowest BCUT2D eigenvalue weighted by Crippen LogP contribution is -2.16. The van der Waals surface area contributed by atoms with Crippen LogP contribution in [0.3, 0.4) is 0 Å². The van der Waals surface area contributed by atoms with Crippen LogP contribution in [0.25, 0.3) is 0 Å². The van der Waals surface area contributed by atoms with Crippen LogP contribution in [-0.4, -0.2) is 23.6 Å². The topological polar surface area (TPSA) is 75.6 Å². The zero-order chi connectivity index (χ0) is 15.9. The zero-order valence-corrected chi connectivity index (χ0v) is 11.8. The van der Waals surface area contributed by atoms with Crippen molar-refractivity contribution in [1.82, 2.24) is 0 Å². The maximum absolute atomic E-state index is 12.2. The molecule has 0 aliphatic heterocycles. The third-order valence-electron chi connectivity index (χ3n) is 2.86. The molecule has 2 rings (SSSR count). The molecule has 0 fully saturated rings. The van der Waals surface area contributed by atoms with Crippen LogP contribution in [0.5, 0.6) is 5.75 Å². The highest BCUT2D eigenvalue weighted by molar-refractivity contribution is 6.10. The molecule has 2 N–H and O–H groups in total. The van der Waals surface area contributed by atoms with Gasteiger partial charge in [0.2, 0.25) is 0 Å². The van der Waals surface area contributed by atoms with Crippen molar-refractivity contribution in [2.45, 2.75) is 0 Å². The summed E-state index contributed by atoms with van der Waals surface area (Å²) >= 11 is 0. The van der Waals surface area contributed by atoms with Crippen molar-refractivity contribution in [2.75, 3.05) is 11.9 Å². The molecule has 0 saturated carbocycles. The SMILES string of the molecule is C=CCOc1cccc(NC(=O)c2ccccc2C(=O)O)c1. The highest BCUT2D eigenvalue weighted by Gasteiger charge is 2.15. The second kappa shape index (κ2) is 7.08. The van der Waals surface area contributed by atoms with Gasteiger partial charge in [0.15, 0.2) is 0 Å². The number of benzene rings is 2. The first kappa shape index (κ1) is 15.3. The van der Waals surface area contributed by atoms with Crippen LogP contribution in [0.15, 0.2) is 61.2 Å². The fourth-order valence-corrected chi connectivity index (χ4v) is 1.88. The van der Waals surface area contributed by atoms with E-state index in [9.17, 15) is 9.59 Å². The largest absolute Gasteiger partial charge is 0.489 e. The molecule has 0 spiro atoms. The average Bonchev–Trinajstić information content (AvgIpc) is 2.53. The standard InChI is InChI=1S/C17H15NO4/c1-2-10-22-13-7-5-6-12(11-13)18-16(19)14-8-3-4-9-15(14)17(20)21/h2-9,11H,1,10H2,(H,18,19)(H,20,21). The molecule has 5 nitrogen and oxygen atoms in total. The first-order chi connectivity index (χ1) is 10.6. The quantitative estimate of drug-likeness (QED) is 0.803. The highest BCUT2D eigenvalue weighted by Crippen LogP contribution is 2.19. The Morgan fingerprint density at radius 1 is 1.14 bits per heavy atom. The average molecular weight is 297 g/mol. The molecular formula is C17H15NO4. The van der Waals surface area contributed by atoms with Crippen LogP contribution in [0.1, 0.15) is 20.7 Å². The molecule has 0 saturated heterocycles. The van der Waals surface area contributed by atoms with Crippen molar-refractivity contribution >= 4 is 17.6 Å². The minimum absolute atomic E-state index is 0.0425. The van der Waals surface area contributed by atoms with Crippen LogP contribution in [-0.2, 0) is 0 Å². The predicted octanol–water partition coefficient (Wildman–Crippen LogP) is 3.20. The minimum Gasteiger partial charge on any atom is -0.489 e. The molecule has 0 heterocycles. The third kappa shape index (κ3) is 3.73. The maximum Gasteiger partial charge on any atom is 0.336 e. The number of hydrogen-bond acceptors (Lipinski definition) is 3. The summed E-state index contributed by atoms with van der Waals surface area (Å²) in [5.74, 6) is -1.04. The van der Waals surface area contributed by atoms with Gasteiger partial charge >= 0.3 is 5.97 Å². The van der Waals surface area contributed by atoms with Gasteiger partial charge in [0, 0.05) is 11.8 Å². The molecule has 0 bridgehead atoms. The van der Waals surface area contributed by atoms with E-state index in [0.717, 1.165) is 0 Å². The van der Waals surface area contributed by atoms with Gasteiger partial charge in [-0.25, -0.2) is 4.79 Å². The van der Waals surface area contributed by atoms with Crippen molar-refractivity contribution < 1.29 is 19.4 Å². The summed E-state index contributed by atoms with van der Waals surface area (Å²) in [6.07, 6.45) is 1.62. The van der Waals surface area contributed by atoms with Gasteiger partial charge < -0.3 is 15.2 Å². The summed E-state index contributed by atoms with van der Waals surface area (Å²) in [5, 5.41) is 11.8. The lowest BCUT2D eigenvalue weighted by Gasteiger charge is -2.09. The van der Waals surface area contributed by atoms with E-state index in [0.29, 0.717) is 18.0 Å². The van der Waals surface area contributed by atoms with Crippen molar-refractivity contribution in [3.8, 4) is 5.75 Å². The van der Waals surface area contributed by atoms with E-state index in [4.69, 9.17) is 9.84 Å². The molecule has 0 atom stereocenters. The number of amides is 1. The first-order valence-corrected chi connectivity index (χ1v) is 6.59. The first-order valence-electron chi connectivity index (χ1n) is 6.59. The molecular weight excluding hydrogens is 282 g/mol. The zero-order valence-electron chi connectivity index (χ0n) is 11.8. The molecule has 2 aromatic rings. The van der Waals surface area contributed by atoms with Gasteiger partial charge in [-0.1, -0.05) is 30.9 Å². The fourth-order valence-electron chi connectivity index (χ4n) is 1.88. The van der Waals surface area contributed by atoms with Gasteiger partial charge in [0.25, 0.3) is 5.91 Å². The Kier molecular flexibility index (Phi) is 4.93. The smallest absolute Gasteiger partial charge is 0.336 e. The Hall–Kier alpha value is -3.08. The summed E-state index contributed by atoms with van der Waals surface area (Å²) in [6.45, 7) is 3.92. The maximum atomic E-state index is 12.2. The van der Waals surface area contributed by atoms with E-state index in [1.807, 2.05) is 0 Å². The van der Waals surface area contributed by atoms with Crippen LogP contribution < -0.4 is 10.1 Å². The van der Waals surface area contributed by atoms with Crippen LogP contribution >= 0.6 is 0 Å². The molecule has 0 aliphatic rings. The number of rotatable bonds is 6. The number of hydrogen-bond donors (Lipinski definition) is 2. The van der Waals surface area contributed by atoms with Crippen LogP contribution in [0, 0.1) is 0 Å². The molecule has 0 aliphatic carbocycles. The molecule has 0 aromatic heterocycles. The van der Waals surface area contributed by atoms with Gasteiger partial charge in [0.05, 0.1) is 11.1 Å². The normalized spacial score (nSPS) is 9.82. The molecule has 112 valence electrons. The lowest BCUT2D eigenvalue weighted by molar-refractivity contribution is 0.0692. The number of nitrogens with one attached hydrogen (secondary N) is 1. The minimum atomic E-state index is -1.14. The van der Waals surface area contributed by atoms with Crippen LogP contribution in [0.4, 0.5) is 5.69 Å². The number of aromatic carboxylic acids is 1. The van der Waals surface area contributed by atoms with E-state index < -0.39 is 11.9 Å². The number of carbonyl (C=O) groups is 2. The van der Waals surface area contributed by atoms with Crippen molar-refractivity contribution in [3.63, 3.8) is 0 Å². The number of carboxylic acid groups (broad SMARTS) is 1. The van der Waals surface area contributed by atoms with E-state index in [-0.39, 0.29) is 11.1 Å². The van der Waals surface area contributed by atoms with E-state index in [1.165, 1.54) is 12.1 Å². The molecule has 0 unspecified atom stereocenters. The number of ether oxygens (including phenoxy) is 1. The molecule has 0 radical (unpaired) electrons. The fraction of sp³-hybridized carbons (Fsp3) is 0.0588. The number of anilines is 1. The summed E-state index contributed by atoms with van der Waals surface area (Å²) < 4.78 is 5.38. The van der Waals surface area contributed by atoms with E-state index in [1.54, 1.807) is 42.5 Å². The molecule has 5 heteroatoms. The second-order valence-electron chi connectivity index (χ2n) is 4.43. The molecule has 2 aromatic carbocycles. The van der Waals surface area contributed by atoms with Gasteiger partial charge in [-0.2, -0.15) is 0 Å². The predicted molar refractivity (Wildman–Crippen MR) is 83.5 cm³/mol. The highest BCUT2D eigenvalue weighted by atomic mass is 16.5. The van der Waals surface area contributed by atoms with Crippen molar-refractivity contribution in [1.29, 1.82) is 0 Å². The monoisotopic (exact) mass is 297 g/mol. The molecule has 22 heavy (non-hydrogen) atoms. The summed E-state index contributed by atoms with van der Waals surface area (Å²) in [4.78, 5) is 23.4. The summed E-state index contributed by atoms with van der Waals surface area (Å²) in [5.41, 5.74) is 0.582. The van der Waals surface area contributed by atoms with Gasteiger partial charge in [-0.05, 0) is 24.3 Å². The Bertz CT molecular complexity index is 709. The summed E-state index contributed by atoms with van der Waals surface area (Å²) in [6, 6.07) is 12.9. The van der Waals surface area contributed by atoms with E-state index >= 15 is 0 Å². The Morgan fingerprint density at radius 2 is 1.86 bits per heavy atom. The Labute approximate surface area is 127 Å². The van der Waals surface area contributed by atoms with Gasteiger partial charge in [0.1, 0.15) is 12.4 Å². The van der Waals surface area contributed by atoms with E-state index in [2.05, 4.69) is 11.9 Å². The number of carbonyl (C=O) groups excluding carboxylic acids is 1. The van der Waals surface area contributed by atoms with Crippen LogP contribution in [0.2, 0.25) is 0 Å². The lowest BCUT2D eigenvalue weighted by atomic mass is 10.1. The second-order valence-corrected chi connectivity index (χ2v) is 4.43.